The second kappa shape index (κ2) is 19.4. The van der Waals surface area contributed by atoms with E-state index in [9.17, 15) is 18.0 Å². The van der Waals surface area contributed by atoms with Crippen molar-refractivity contribution in [3.63, 3.8) is 0 Å². The van der Waals surface area contributed by atoms with Crippen LogP contribution in [0.2, 0.25) is 0 Å². The SMILES string of the molecule is CC#CCC(C)(C)[C@@H](/C=C/[C@H]1[C@H](OC2CCCCO2)CC(=O)[C@@H]1C/C=C\CCCC(=O)O)OC1CCCCO1.CS(N)(=O)=O. The molecule has 6 atom stereocenters. The van der Waals surface area contributed by atoms with E-state index in [0.717, 1.165) is 44.8 Å². The molecule has 11 heteroatoms. The van der Waals surface area contributed by atoms with Gasteiger partial charge in [0, 0.05) is 49.7 Å². The van der Waals surface area contributed by atoms with E-state index in [1.54, 1.807) is 0 Å². The fourth-order valence-corrected chi connectivity index (χ4v) is 5.51. The zero-order valence-corrected chi connectivity index (χ0v) is 27.7. The quantitative estimate of drug-likeness (QED) is 0.150. The van der Waals surface area contributed by atoms with Crippen LogP contribution in [-0.2, 0) is 38.6 Å². The standard InChI is InChI=1S/C32H48O7.CH5NO2S/c1-4-5-20-32(2,3)28(39-31-17-11-13-22-37-31)19-18-25-24(14-8-6-7-9-15-29(34)35)26(33)23-27(25)38-30-16-10-12-21-36-30;1-5(2,3)4/h6,8,18-19,24-25,27-28,30-31H,7,9-17,20-23H2,1-3H3,(H,34,35);1H3,(H2,2,3,4)/b8-6-,19-18+;/t24-,25-,27-,28-,30?,31?;/m1./s1. The van der Waals surface area contributed by atoms with Crippen molar-refractivity contribution in [1.29, 1.82) is 0 Å². The molecule has 0 aromatic rings. The van der Waals surface area contributed by atoms with Crippen LogP contribution in [-0.4, -0.2) is 69.5 Å². The van der Waals surface area contributed by atoms with Gasteiger partial charge in [-0.1, -0.05) is 38.2 Å². The molecule has 2 unspecified atom stereocenters. The van der Waals surface area contributed by atoms with Gasteiger partial charge in [0.1, 0.15) is 5.78 Å². The smallest absolute Gasteiger partial charge is 0.303 e. The number of carbonyl (C=O) groups is 2. The van der Waals surface area contributed by atoms with Crippen LogP contribution in [0.3, 0.4) is 0 Å². The van der Waals surface area contributed by atoms with Crippen LogP contribution in [0.15, 0.2) is 24.3 Å². The number of primary sulfonamides is 1. The Hall–Kier alpha value is -2.07. The third kappa shape index (κ3) is 15.3. The van der Waals surface area contributed by atoms with Crippen molar-refractivity contribution in [2.45, 2.75) is 123 Å². The van der Waals surface area contributed by atoms with Gasteiger partial charge in [0.2, 0.25) is 10.0 Å². The van der Waals surface area contributed by atoms with Gasteiger partial charge in [0.15, 0.2) is 12.6 Å². The zero-order chi connectivity index (χ0) is 32.6. The first-order chi connectivity index (χ1) is 20.8. The van der Waals surface area contributed by atoms with E-state index in [-0.39, 0.29) is 54.2 Å². The molecule has 2 heterocycles. The van der Waals surface area contributed by atoms with Crippen molar-refractivity contribution in [2.24, 2.45) is 22.4 Å². The summed E-state index contributed by atoms with van der Waals surface area (Å²) in [4.78, 5) is 24.0. The molecule has 0 aromatic carbocycles. The van der Waals surface area contributed by atoms with Gasteiger partial charge in [-0.2, -0.15) is 0 Å². The molecule has 2 aliphatic heterocycles. The topological polar surface area (TPSA) is 151 Å². The van der Waals surface area contributed by atoms with Crippen LogP contribution in [0.5, 0.6) is 0 Å². The van der Waals surface area contributed by atoms with E-state index < -0.39 is 16.0 Å². The number of hydrogen-bond acceptors (Lipinski definition) is 8. The minimum Gasteiger partial charge on any atom is -0.481 e. The van der Waals surface area contributed by atoms with Gasteiger partial charge < -0.3 is 24.1 Å². The number of sulfonamides is 1. The molecule has 1 saturated carbocycles. The van der Waals surface area contributed by atoms with Crippen LogP contribution in [0.1, 0.15) is 97.8 Å². The predicted octanol–water partition coefficient (Wildman–Crippen LogP) is 5.12. The number of nitrogens with two attached hydrogens (primary N) is 1. The molecule has 0 spiro atoms. The number of aliphatic carboxylic acids is 1. The lowest BCUT2D eigenvalue weighted by molar-refractivity contribution is -0.197. The van der Waals surface area contributed by atoms with Gasteiger partial charge >= 0.3 is 5.97 Å². The minimum atomic E-state index is -3.17. The monoisotopic (exact) mass is 639 g/mol. The molecule has 0 aromatic heterocycles. The second-order valence-corrected chi connectivity index (χ2v) is 14.1. The highest BCUT2D eigenvalue weighted by molar-refractivity contribution is 7.88. The molecule has 0 amide bonds. The number of unbranched alkanes of at least 4 members (excludes halogenated alkanes) is 1. The van der Waals surface area contributed by atoms with Gasteiger partial charge in [0.05, 0.1) is 18.5 Å². The highest BCUT2D eigenvalue weighted by Crippen LogP contribution is 2.38. The number of Topliss-reactive ketones (excluding diaryl/α,β-unsaturated/α-hetero) is 1. The predicted molar refractivity (Wildman–Crippen MR) is 169 cm³/mol. The molecule has 1 aliphatic carbocycles. The summed E-state index contributed by atoms with van der Waals surface area (Å²) in [5, 5.41) is 13.2. The van der Waals surface area contributed by atoms with Crippen molar-refractivity contribution in [2.75, 3.05) is 19.5 Å². The Morgan fingerprint density at radius 3 is 2.34 bits per heavy atom. The minimum absolute atomic E-state index is 0.0990. The molecular formula is C33H53NO9S. The first-order valence-corrected chi connectivity index (χ1v) is 17.7. The largest absolute Gasteiger partial charge is 0.481 e. The maximum atomic E-state index is 13.2. The Kier molecular flexibility index (Phi) is 16.8. The van der Waals surface area contributed by atoms with Crippen LogP contribution >= 0.6 is 0 Å². The highest BCUT2D eigenvalue weighted by Gasteiger charge is 2.43. The van der Waals surface area contributed by atoms with Crippen molar-refractivity contribution in [3.05, 3.63) is 24.3 Å². The molecule has 44 heavy (non-hydrogen) atoms. The Morgan fingerprint density at radius 1 is 1.14 bits per heavy atom. The third-order valence-corrected chi connectivity index (χ3v) is 7.93. The summed E-state index contributed by atoms with van der Waals surface area (Å²) in [5.74, 6) is 5.34. The summed E-state index contributed by atoms with van der Waals surface area (Å²) in [6, 6.07) is 0. The van der Waals surface area contributed by atoms with Gasteiger partial charge in [-0.15, -0.1) is 11.8 Å². The lowest BCUT2D eigenvalue weighted by atomic mass is 9.81. The average molecular weight is 640 g/mol. The first-order valence-electron chi connectivity index (χ1n) is 15.8. The van der Waals surface area contributed by atoms with Crippen molar-refractivity contribution < 1.29 is 42.1 Å². The summed E-state index contributed by atoms with van der Waals surface area (Å²) in [7, 11) is -3.17. The van der Waals surface area contributed by atoms with E-state index >= 15 is 0 Å². The fraction of sp³-hybridized carbons (Fsp3) is 0.758. The molecule has 3 fully saturated rings. The lowest BCUT2D eigenvalue weighted by Gasteiger charge is -2.35. The Balaban J connectivity index is 0.00000125. The van der Waals surface area contributed by atoms with E-state index in [0.29, 0.717) is 45.3 Å². The second-order valence-electron chi connectivity index (χ2n) is 12.5. The Morgan fingerprint density at radius 2 is 1.77 bits per heavy atom. The highest BCUT2D eigenvalue weighted by atomic mass is 32.2. The van der Waals surface area contributed by atoms with Crippen molar-refractivity contribution >= 4 is 21.8 Å². The lowest BCUT2D eigenvalue weighted by Crippen LogP contribution is -2.36. The number of ether oxygens (including phenoxy) is 4. The van der Waals surface area contributed by atoms with Crippen LogP contribution in [0.4, 0.5) is 0 Å². The number of ketones is 1. The third-order valence-electron chi connectivity index (χ3n) is 7.93. The summed E-state index contributed by atoms with van der Waals surface area (Å²) in [6.45, 7) is 7.58. The number of allylic oxidation sites excluding steroid dienone is 2. The summed E-state index contributed by atoms with van der Waals surface area (Å²) < 4.78 is 43.5. The summed E-state index contributed by atoms with van der Waals surface area (Å²) >= 11 is 0. The van der Waals surface area contributed by atoms with E-state index in [1.807, 2.05) is 19.1 Å². The van der Waals surface area contributed by atoms with Crippen LogP contribution in [0, 0.1) is 29.1 Å². The molecule has 2 saturated heterocycles. The number of carboxylic acids is 1. The normalized spacial score (nSPS) is 27.0. The van der Waals surface area contributed by atoms with E-state index in [1.165, 1.54) is 0 Å². The molecular weight excluding hydrogens is 586 g/mol. The van der Waals surface area contributed by atoms with Gasteiger partial charge in [0.25, 0.3) is 0 Å². The van der Waals surface area contributed by atoms with Crippen molar-refractivity contribution in [3.8, 4) is 11.8 Å². The molecule has 10 nitrogen and oxygen atoms in total. The molecule has 3 rings (SSSR count). The first kappa shape index (κ1) is 38.1. The molecule has 3 N–H and O–H groups in total. The number of carboxylic acid groups (broad SMARTS) is 1. The number of rotatable bonds is 14. The van der Waals surface area contributed by atoms with E-state index in [2.05, 4.69) is 43.0 Å². The van der Waals surface area contributed by atoms with Gasteiger partial charge in [-0.05, 0) is 64.7 Å². The maximum absolute atomic E-state index is 13.2. The van der Waals surface area contributed by atoms with E-state index in [4.69, 9.17) is 24.1 Å². The van der Waals surface area contributed by atoms with Gasteiger partial charge in [-0.3, -0.25) is 9.59 Å². The van der Waals surface area contributed by atoms with Crippen LogP contribution < -0.4 is 5.14 Å². The average Bonchev–Trinajstić information content (AvgIpc) is 3.24. The van der Waals surface area contributed by atoms with Gasteiger partial charge in [-0.25, -0.2) is 13.6 Å². The summed E-state index contributed by atoms with van der Waals surface area (Å²) in [6.07, 6.45) is 17.3. The zero-order valence-electron chi connectivity index (χ0n) is 26.9. The van der Waals surface area contributed by atoms with Crippen molar-refractivity contribution in [1.82, 2.24) is 0 Å². The summed E-state index contributed by atoms with van der Waals surface area (Å²) in [5.41, 5.74) is -0.245. The molecule has 0 bridgehead atoms. The number of carbonyl (C=O) groups excluding carboxylic acids is 1. The molecule has 0 radical (unpaired) electrons. The molecule has 250 valence electrons. The Labute approximate surface area is 264 Å². The molecule has 3 aliphatic rings. The maximum Gasteiger partial charge on any atom is 0.303 e. The fourth-order valence-electron chi connectivity index (χ4n) is 5.51. The number of hydrogen-bond donors (Lipinski definition) is 2. The van der Waals surface area contributed by atoms with Crippen LogP contribution in [0.25, 0.3) is 0 Å². The Bertz CT molecular complexity index is 1100.